The molecule has 13 nitrogen and oxygen atoms in total. The largest absolute Gasteiger partial charge is 0.459 e. The number of carbonyl (C=O) groups excluding carboxylic acids is 3. The van der Waals surface area contributed by atoms with Gasteiger partial charge < -0.3 is 51.2 Å². The van der Waals surface area contributed by atoms with Crippen molar-refractivity contribution in [1.82, 2.24) is 16.0 Å². The molecule has 0 aliphatic carbocycles. The third-order valence-electron chi connectivity index (χ3n) is 11.0. The van der Waals surface area contributed by atoms with E-state index >= 15 is 0 Å². The number of nitrogens with one attached hydrogen (secondary N) is 4. The maximum absolute atomic E-state index is 13.2. The molecule has 2 aromatic rings. The molecule has 0 aromatic heterocycles. The highest BCUT2D eigenvalue weighted by atomic mass is 19.4. The second kappa shape index (κ2) is 21.3. The van der Waals surface area contributed by atoms with Crippen LogP contribution >= 0.6 is 0 Å². The van der Waals surface area contributed by atoms with E-state index in [-0.39, 0.29) is 42.5 Å². The van der Waals surface area contributed by atoms with Crippen LogP contribution < -0.4 is 21.3 Å². The van der Waals surface area contributed by atoms with Gasteiger partial charge in [-0.15, -0.1) is 0 Å². The Hall–Kier alpha value is -3.96. The predicted molar refractivity (Wildman–Crippen MR) is 213 cm³/mol. The van der Waals surface area contributed by atoms with Crippen LogP contribution in [0.3, 0.4) is 0 Å². The van der Waals surface area contributed by atoms with E-state index in [2.05, 4.69) is 21.3 Å². The minimum Gasteiger partial charge on any atom is -0.459 e. The molecule has 0 bridgehead atoms. The zero-order valence-electron chi connectivity index (χ0n) is 34.6. The van der Waals surface area contributed by atoms with Crippen molar-refractivity contribution in [1.29, 1.82) is 0 Å². The topological polar surface area (TPSA) is 199 Å². The Morgan fingerprint density at radius 2 is 1.59 bits per heavy atom. The first kappa shape index (κ1) is 48.4. The lowest BCUT2D eigenvalue weighted by Gasteiger charge is -2.41. The SMILES string of the molecule is CC[C@H]1OC(=O)[C@H](C)[C@@H](O)[C@H](C)[C@@H](O)[C@](C)(O)C[C@@H](C)CN[C@H](C)C(OC(=O)NCCCCCCNC(=O)c2ccccc2Nc2cccc(C(F)(F)F)c2)[C@]1(C)O. The number of para-hydroxylation sites is 1. The molecule has 0 radical (unpaired) electrons. The number of amides is 2. The zero-order valence-corrected chi connectivity index (χ0v) is 34.6. The first-order valence-electron chi connectivity index (χ1n) is 20.1. The predicted octanol–water partition coefficient (Wildman–Crippen LogP) is 5.67. The maximum atomic E-state index is 13.2. The van der Waals surface area contributed by atoms with Crippen molar-refractivity contribution < 1.29 is 57.5 Å². The van der Waals surface area contributed by atoms with Gasteiger partial charge in [-0.2, -0.15) is 13.2 Å². The van der Waals surface area contributed by atoms with Crippen molar-refractivity contribution in [3.63, 3.8) is 0 Å². The summed E-state index contributed by atoms with van der Waals surface area (Å²) in [5.74, 6) is -3.39. The molecular weight excluding hydrogens is 761 g/mol. The molecule has 8 N–H and O–H groups in total. The van der Waals surface area contributed by atoms with Gasteiger partial charge in [0.15, 0.2) is 6.10 Å². The van der Waals surface area contributed by atoms with Crippen molar-refractivity contribution in [3.05, 3.63) is 59.7 Å². The van der Waals surface area contributed by atoms with Crippen molar-refractivity contribution in [2.24, 2.45) is 17.8 Å². The van der Waals surface area contributed by atoms with E-state index < -0.39 is 77.3 Å². The van der Waals surface area contributed by atoms with Gasteiger partial charge in [0, 0.05) is 30.7 Å². The number of hydrogen-bond donors (Lipinski definition) is 8. The first-order chi connectivity index (χ1) is 27.1. The van der Waals surface area contributed by atoms with E-state index in [0.717, 1.165) is 18.6 Å². The highest BCUT2D eigenvalue weighted by Gasteiger charge is 2.48. The molecule has 10 atom stereocenters. The number of unbranched alkanes of at least 4 members (excludes halogenated alkanes) is 3. The van der Waals surface area contributed by atoms with Gasteiger partial charge in [0.2, 0.25) is 0 Å². The second-order valence-corrected chi connectivity index (χ2v) is 16.2. The number of cyclic esters (lactones) is 1. The van der Waals surface area contributed by atoms with E-state index in [1.807, 2.05) is 6.92 Å². The van der Waals surface area contributed by atoms with Crippen LogP contribution in [-0.2, 0) is 20.4 Å². The number of aliphatic hydroxyl groups excluding tert-OH is 2. The number of alkyl halides is 3. The van der Waals surface area contributed by atoms with E-state index in [1.165, 1.54) is 32.9 Å². The van der Waals surface area contributed by atoms with Gasteiger partial charge in [0.05, 0.1) is 40.5 Å². The van der Waals surface area contributed by atoms with Crippen molar-refractivity contribution >= 4 is 29.3 Å². The highest BCUT2D eigenvalue weighted by molar-refractivity contribution is 6.00. The highest BCUT2D eigenvalue weighted by Crippen LogP contribution is 2.33. The Balaban J connectivity index is 1.54. The number of rotatable bonds is 12. The number of aliphatic hydroxyl groups is 4. The summed E-state index contributed by atoms with van der Waals surface area (Å²) in [5.41, 5.74) is -3.44. The number of benzene rings is 2. The lowest BCUT2D eigenvalue weighted by Crippen LogP contribution is -2.61. The number of alkyl carbamates (subject to hydrolysis) is 1. The molecule has 1 heterocycles. The first-order valence-corrected chi connectivity index (χ1v) is 20.1. The van der Waals surface area contributed by atoms with E-state index in [0.29, 0.717) is 38.0 Å². The van der Waals surface area contributed by atoms with Crippen LogP contribution in [0, 0.1) is 17.8 Å². The summed E-state index contributed by atoms with van der Waals surface area (Å²) in [5, 5.41) is 56.7. The van der Waals surface area contributed by atoms with Crippen LogP contribution in [-0.4, -0.2) is 99.7 Å². The van der Waals surface area contributed by atoms with Gasteiger partial charge in [-0.05, 0) is 96.2 Å². The summed E-state index contributed by atoms with van der Waals surface area (Å²) in [6, 6.07) is 10.6. The minimum absolute atomic E-state index is 0.147. The zero-order chi connectivity index (χ0) is 43.4. The van der Waals surface area contributed by atoms with Crippen LogP contribution in [0.5, 0.6) is 0 Å². The molecule has 2 aromatic carbocycles. The summed E-state index contributed by atoms with van der Waals surface area (Å²) < 4.78 is 51.1. The number of ether oxygens (including phenoxy) is 2. The Morgan fingerprint density at radius 3 is 2.22 bits per heavy atom. The summed E-state index contributed by atoms with van der Waals surface area (Å²) in [6.45, 7) is 12.1. The third-order valence-corrected chi connectivity index (χ3v) is 11.0. The van der Waals surface area contributed by atoms with Crippen LogP contribution in [0.25, 0.3) is 0 Å². The summed E-state index contributed by atoms with van der Waals surface area (Å²) in [7, 11) is 0. The van der Waals surface area contributed by atoms with E-state index in [4.69, 9.17) is 9.47 Å². The van der Waals surface area contributed by atoms with E-state index in [9.17, 15) is 48.0 Å². The quantitative estimate of drug-likeness (QED) is 0.0970. The summed E-state index contributed by atoms with van der Waals surface area (Å²) in [6.07, 6.45) is -7.41. The number of esters is 1. The fraction of sp³-hybridized carbons (Fsp3) is 0.643. The maximum Gasteiger partial charge on any atom is 0.416 e. The van der Waals surface area contributed by atoms with Gasteiger partial charge in [0.1, 0.15) is 11.7 Å². The average molecular weight is 825 g/mol. The molecular formula is C42H63F3N4O9. The van der Waals surface area contributed by atoms with Crippen molar-refractivity contribution in [2.75, 3.05) is 25.0 Å². The number of hydrogen-bond acceptors (Lipinski definition) is 11. The fourth-order valence-corrected chi connectivity index (χ4v) is 7.48. The van der Waals surface area contributed by atoms with Crippen LogP contribution in [0.4, 0.5) is 29.3 Å². The van der Waals surface area contributed by atoms with Gasteiger partial charge >= 0.3 is 18.2 Å². The van der Waals surface area contributed by atoms with Crippen LogP contribution in [0.2, 0.25) is 0 Å². The Labute approximate surface area is 339 Å². The lowest BCUT2D eigenvalue weighted by molar-refractivity contribution is -0.190. The molecule has 2 amide bonds. The molecule has 3 rings (SSSR count). The molecule has 0 spiro atoms. The van der Waals surface area contributed by atoms with Gasteiger partial charge in [-0.3, -0.25) is 9.59 Å². The fourth-order valence-electron chi connectivity index (χ4n) is 7.48. The Kier molecular flexibility index (Phi) is 17.8. The Bertz CT molecular complexity index is 1640. The third kappa shape index (κ3) is 13.5. The number of halogens is 3. The molecule has 1 aliphatic heterocycles. The minimum atomic E-state index is -4.50. The van der Waals surface area contributed by atoms with E-state index in [1.54, 1.807) is 45.0 Å². The van der Waals surface area contributed by atoms with Gasteiger partial charge in [0.25, 0.3) is 5.91 Å². The van der Waals surface area contributed by atoms with Crippen molar-refractivity contribution in [3.8, 4) is 0 Å². The second-order valence-electron chi connectivity index (χ2n) is 16.2. The lowest BCUT2D eigenvalue weighted by atomic mass is 9.78. The van der Waals surface area contributed by atoms with Crippen LogP contribution in [0.15, 0.2) is 48.5 Å². The molecule has 326 valence electrons. The van der Waals surface area contributed by atoms with Crippen molar-refractivity contribution in [2.45, 2.75) is 135 Å². The van der Waals surface area contributed by atoms with Crippen LogP contribution in [0.1, 0.15) is 103 Å². The molecule has 1 aliphatic rings. The monoisotopic (exact) mass is 824 g/mol. The Morgan fingerprint density at radius 1 is 0.948 bits per heavy atom. The normalized spacial score (nSPS) is 30.3. The molecule has 16 heteroatoms. The molecule has 1 saturated heterocycles. The molecule has 1 fully saturated rings. The molecule has 0 saturated carbocycles. The number of carbonyl (C=O) groups is 3. The average Bonchev–Trinajstić information content (AvgIpc) is 3.17. The number of anilines is 2. The van der Waals surface area contributed by atoms with Gasteiger partial charge in [-0.25, -0.2) is 4.79 Å². The summed E-state index contributed by atoms with van der Waals surface area (Å²) in [4.78, 5) is 39.3. The molecule has 58 heavy (non-hydrogen) atoms. The van der Waals surface area contributed by atoms with Gasteiger partial charge in [-0.1, -0.05) is 51.8 Å². The summed E-state index contributed by atoms with van der Waals surface area (Å²) >= 11 is 0. The molecule has 1 unspecified atom stereocenters. The smallest absolute Gasteiger partial charge is 0.416 e. The standard InChI is InChI=1S/C42H63F3N4O9/c1-8-33-41(7,56)36(28(5)48-24-25(2)23-40(6,55)35(51)26(3)34(50)27(4)38(53)57-33)58-39(54)47-21-14-10-9-13-20-46-37(52)31-18-11-12-19-32(31)49-30-17-15-16-29(22-30)42(43,44)45/h11-12,15-19,22,25-28,33-36,48-51,55-56H,8-10,13-14,20-21,23-24H2,1-7H3,(H,46,52)(H,47,54)/t25-,26+,27-,28-,33-,34+,35-,36?,40-,41-/m1/s1.